The topological polar surface area (TPSA) is 99.1 Å². The molecular weight excluding hydrogens is 563 g/mol. The summed E-state index contributed by atoms with van der Waals surface area (Å²) in [5.74, 6) is -0.346. The number of aromatic amines is 1. The number of allylic oxidation sites excluding steroid dienone is 2. The lowest BCUT2D eigenvalue weighted by molar-refractivity contribution is -0.137. The van der Waals surface area contributed by atoms with Gasteiger partial charge < -0.3 is 10.2 Å². The monoisotopic (exact) mass is 599 g/mol. The van der Waals surface area contributed by atoms with Crippen LogP contribution in [-0.4, -0.2) is 48.6 Å². The van der Waals surface area contributed by atoms with E-state index in [2.05, 4.69) is 35.1 Å². The Morgan fingerprint density at radius 1 is 1.17 bits per heavy atom. The van der Waals surface area contributed by atoms with Crippen LogP contribution in [0.25, 0.3) is 0 Å². The zero-order chi connectivity index (χ0) is 30.1. The van der Waals surface area contributed by atoms with Gasteiger partial charge >= 0.3 is 6.18 Å². The Morgan fingerprint density at radius 2 is 1.98 bits per heavy atom. The summed E-state index contributed by atoms with van der Waals surface area (Å²) in [5, 5.41) is 30.3. The van der Waals surface area contributed by atoms with E-state index in [-0.39, 0.29) is 11.5 Å². The number of benzene rings is 2. The molecule has 3 aromatic rings. The molecule has 3 N–H and O–H groups in total. The summed E-state index contributed by atoms with van der Waals surface area (Å²) < 4.78 is 40.6. The first-order chi connectivity index (χ1) is 19.9. The van der Waals surface area contributed by atoms with Crippen molar-refractivity contribution in [2.45, 2.75) is 87.7 Å². The van der Waals surface area contributed by atoms with Crippen molar-refractivity contribution in [1.82, 2.24) is 15.2 Å². The first-order valence-electron chi connectivity index (χ1n) is 14.3. The van der Waals surface area contributed by atoms with E-state index in [0.717, 1.165) is 29.7 Å². The van der Waals surface area contributed by atoms with Gasteiger partial charge in [0.25, 0.3) is 0 Å². The number of carbonyl (C=O) groups excluding carboxylic acids is 1. The highest BCUT2D eigenvalue weighted by molar-refractivity contribution is 7.99. The molecule has 0 saturated heterocycles. The minimum absolute atomic E-state index is 0.0423. The number of fused-ring (bicyclic) bond motifs is 8. The first kappa shape index (κ1) is 30.5. The van der Waals surface area contributed by atoms with E-state index in [4.69, 9.17) is 0 Å². The van der Waals surface area contributed by atoms with E-state index in [1.165, 1.54) is 35.8 Å². The van der Waals surface area contributed by atoms with Crippen LogP contribution < -0.4 is 0 Å². The molecule has 224 valence electrons. The maximum atomic E-state index is 14.0. The van der Waals surface area contributed by atoms with Crippen molar-refractivity contribution >= 4 is 17.5 Å². The molecular formula is C32H36F3N3O3S. The predicted molar refractivity (Wildman–Crippen MR) is 155 cm³/mol. The Balaban J connectivity index is 1.60. The van der Waals surface area contributed by atoms with Crippen LogP contribution >= 0.6 is 11.8 Å². The van der Waals surface area contributed by atoms with E-state index in [1.807, 2.05) is 12.1 Å². The van der Waals surface area contributed by atoms with E-state index in [1.54, 1.807) is 6.07 Å². The van der Waals surface area contributed by atoms with Crippen LogP contribution in [0.15, 0.2) is 65.6 Å². The number of nitrogens with zero attached hydrogens (tertiary/aromatic N) is 2. The van der Waals surface area contributed by atoms with Gasteiger partial charge in [0.15, 0.2) is 10.9 Å². The van der Waals surface area contributed by atoms with Crippen molar-refractivity contribution in [3.05, 3.63) is 88.3 Å². The summed E-state index contributed by atoms with van der Waals surface area (Å²) in [7, 11) is 0. The van der Waals surface area contributed by atoms with Gasteiger partial charge in [-0.2, -0.15) is 18.3 Å². The molecule has 3 aliphatic carbocycles. The fraction of sp³-hybridized carbons (Fsp3) is 0.469. The Kier molecular flexibility index (Phi) is 8.70. The number of halogens is 3. The van der Waals surface area contributed by atoms with Crippen LogP contribution in [0, 0.1) is 5.41 Å². The standard InChI is InChI=1S/C32H36F3N3O3S/c1-20-5-4-13-30(2)27(12-14-31(30,41)18-42-29-36-19-37-38-29)25-11-9-21(15-24(39)10-8-20)16-26(25)28(40)22-6-3-7-23(17-22)32(33,34)35/h3,5-7,9,11,16-17,19,24,27,39,41H,4,8,10,12-15,18H2,1-2H3,(H,36,37,38). The molecule has 2 aromatic carbocycles. The second-order valence-electron chi connectivity index (χ2n) is 11.9. The number of rotatable bonds is 5. The largest absolute Gasteiger partial charge is 0.416 e. The fourth-order valence-corrected chi connectivity index (χ4v) is 7.71. The molecule has 4 atom stereocenters. The van der Waals surface area contributed by atoms with E-state index >= 15 is 0 Å². The van der Waals surface area contributed by atoms with E-state index in [9.17, 15) is 28.2 Å². The van der Waals surface area contributed by atoms with Gasteiger partial charge in [0.05, 0.1) is 17.3 Å². The molecule has 1 heterocycles. The van der Waals surface area contributed by atoms with Gasteiger partial charge in [0.2, 0.25) is 0 Å². The van der Waals surface area contributed by atoms with Crippen LogP contribution in [0.5, 0.6) is 0 Å². The highest BCUT2D eigenvalue weighted by Gasteiger charge is 2.56. The van der Waals surface area contributed by atoms with Gasteiger partial charge in [-0.25, -0.2) is 4.98 Å². The number of ketones is 1. The number of aliphatic hydroxyl groups is 2. The van der Waals surface area contributed by atoms with Gasteiger partial charge in [-0.15, -0.1) is 0 Å². The molecule has 1 fully saturated rings. The molecule has 42 heavy (non-hydrogen) atoms. The molecule has 0 aliphatic heterocycles. The average Bonchev–Trinajstić information content (AvgIpc) is 3.56. The molecule has 2 bridgehead atoms. The molecule has 6 rings (SSSR count). The minimum atomic E-state index is -4.58. The molecule has 0 amide bonds. The van der Waals surface area contributed by atoms with Gasteiger partial charge in [0.1, 0.15) is 6.33 Å². The second kappa shape index (κ2) is 12.0. The molecule has 1 saturated carbocycles. The number of thioether (sulfide) groups is 1. The van der Waals surface area contributed by atoms with Crippen LogP contribution in [0.1, 0.15) is 90.9 Å². The van der Waals surface area contributed by atoms with Gasteiger partial charge in [-0.1, -0.05) is 54.6 Å². The Bertz CT molecular complexity index is 1460. The van der Waals surface area contributed by atoms with Crippen molar-refractivity contribution in [1.29, 1.82) is 0 Å². The molecule has 6 nitrogen and oxygen atoms in total. The summed E-state index contributed by atoms with van der Waals surface area (Å²) in [6.45, 7) is 4.12. The number of H-pyrrole nitrogens is 1. The molecule has 10 heteroatoms. The Hall–Kier alpha value is -2.95. The predicted octanol–water partition coefficient (Wildman–Crippen LogP) is 6.89. The molecule has 3 aliphatic rings. The number of hydrogen-bond acceptors (Lipinski definition) is 6. The van der Waals surface area contributed by atoms with Crippen LogP contribution in [0.2, 0.25) is 0 Å². The molecule has 0 radical (unpaired) electrons. The maximum absolute atomic E-state index is 14.0. The van der Waals surface area contributed by atoms with Crippen LogP contribution in [0.3, 0.4) is 0 Å². The number of hydrogen-bond donors (Lipinski definition) is 3. The first-order valence-corrected chi connectivity index (χ1v) is 15.3. The van der Waals surface area contributed by atoms with E-state index in [0.29, 0.717) is 55.0 Å². The minimum Gasteiger partial charge on any atom is -0.393 e. The third-order valence-electron chi connectivity index (χ3n) is 9.21. The second-order valence-corrected chi connectivity index (χ2v) is 12.9. The lowest BCUT2D eigenvalue weighted by Crippen LogP contribution is -2.46. The van der Waals surface area contributed by atoms with Crippen LogP contribution in [0.4, 0.5) is 13.2 Å². The van der Waals surface area contributed by atoms with Crippen molar-refractivity contribution in [2.75, 3.05) is 5.75 Å². The summed E-state index contributed by atoms with van der Waals surface area (Å²) in [6.07, 6.45) is 2.46. The highest BCUT2D eigenvalue weighted by Crippen LogP contribution is 2.59. The average molecular weight is 600 g/mol. The molecule has 0 spiro atoms. The quantitative estimate of drug-likeness (QED) is 0.168. The number of aliphatic hydroxyl groups excluding tert-OH is 1. The zero-order valence-corrected chi connectivity index (χ0v) is 24.6. The smallest absolute Gasteiger partial charge is 0.393 e. The zero-order valence-electron chi connectivity index (χ0n) is 23.7. The van der Waals surface area contributed by atoms with Gasteiger partial charge in [0, 0.05) is 22.3 Å². The summed E-state index contributed by atoms with van der Waals surface area (Å²) in [6, 6.07) is 10.0. The fourth-order valence-electron chi connectivity index (χ4n) is 6.62. The van der Waals surface area contributed by atoms with Crippen molar-refractivity contribution in [2.24, 2.45) is 5.41 Å². The summed E-state index contributed by atoms with van der Waals surface area (Å²) >= 11 is 1.40. The summed E-state index contributed by atoms with van der Waals surface area (Å²) in [4.78, 5) is 18.2. The normalized spacial score (nSPS) is 26.9. The number of carbonyl (C=O) groups is 1. The SMILES string of the molecule is CC1=CCCC2(C)C(CCC2(O)CSc2ncn[nH]2)c2ccc(cc2C(=O)c2cccc(C(F)(F)F)c2)CC(O)CC1. The Morgan fingerprint density at radius 3 is 2.71 bits per heavy atom. The lowest BCUT2D eigenvalue weighted by Gasteiger charge is -2.44. The molecule has 1 aromatic heterocycles. The van der Waals surface area contributed by atoms with Crippen molar-refractivity contribution in [3.63, 3.8) is 0 Å². The van der Waals surface area contributed by atoms with Gasteiger partial charge in [-0.05, 0) is 87.1 Å². The van der Waals surface area contributed by atoms with Crippen molar-refractivity contribution in [3.8, 4) is 0 Å². The van der Waals surface area contributed by atoms with Crippen LogP contribution in [-0.2, 0) is 12.6 Å². The Labute approximate surface area is 247 Å². The van der Waals surface area contributed by atoms with E-state index < -0.39 is 34.6 Å². The lowest BCUT2D eigenvalue weighted by atomic mass is 9.65. The summed E-state index contributed by atoms with van der Waals surface area (Å²) in [5.41, 5.74) is 0.302. The number of alkyl halides is 3. The number of aromatic nitrogens is 3. The maximum Gasteiger partial charge on any atom is 0.416 e. The third kappa shape index (κ3) is 6.21. The third-order valence-corrected chi connectivity index (χ3v) is 10.3. The van der Waals surface area contributed by atoms with Gasteiger partial charge in [-0.3, -0.25) is 9.89 Å². The van der Waals surface area contributed by atoms with Crippen molar-refractivity contribution < 1.29 is 28.2 Å². The number of nitrogens with one attached hydrogen (secondary N) is 1. The highest BCUT2D eigenvalue weighted by atomic mass is 32.2. The molecule has 4 unspecified atom stereocenters.